The van der Waals surface area contributed by atoms with Crippen LogP contribution in [-0.2, 0) is 6.54 Å². The number of methoxy groups -OCH3 is 1. The highest BCUT2D eigenvalue weighted by molar-refractivity contribution is 9.10. The highest BCUT2D eigenvalue weighted by atomic mass is 79.9. The van der Waals surface area contributed by atoms with Crippen LogP contribution in [0.1, 0.15) is 32.3 Å². The molecule has 0 aliphatic carbocycles. The van der Waals surface area contributed by atoms with E-state index in [2.05, 4.69) is 47.2 Å². The highest BCUT2D eigenvalue weighted by Crippen LogP contribution is 2.25. The summed E-state index contributed by atoms with van der Waals surface area (Å²) >= 11 is 9.90. The van der Waals surface area contributed by atoms with Gasteiger partial charge in [0.2, 0.25) is 0 Å². The summed E-state index contributed by atoms with van der Waals surface area (Å²) in [5, 5.41) is 3.63. The Kier molecular flexibility index (Phi) is 7.81. The average molecular weight is 349 g/mol. The molecule has 2 nitrogen and oxygen atoms in total. The molecule has 0 aliphatic rings. The molecule has 1 aromatic rings. The topological polar surface area (TPSA) is 21.3 Å². The predicted molar refractivity (Wildman–Crippen MR) is 86.1 cm³/mol. The second kappa shape index (κ2) is 8.83. The van der Waals surface area contributed by atoms with Crippen molar-refractivity contribution in [3.05, 3.63) is 28.2 Å². The van der Waals surface area contributed by atoms with E-state index in [1.54, 1.807) is 7.11 Å². The minimum absolute atomic E-state index is 0.205. The van der Waals surface area contributed by atoms with E-state index in [4.69, 9.17) is 16.3 Å². The van der Waals surface area contributed by atoms with E-state index in [-0.39, 0.29) is 5.38 Å². The molecule has 1 atom stereocenters. The van der Waals surface area contributed by atoms with E-state index in [0.717, 1.165) is 36.2 Å². The molecule has 0 saturated carbocycles. The number of ether oxygens (including phenoxy) is 1. The first-order chi connectivity index (χ1) is 9.12. The molecule has 0 heterocycles. The summed E-state index contributed by atoms with van der Waals surface area (Å²) < 4.78 is 6.20. The zero-order valence-electron chi connectivity index (χ0n) is 11.9. The Balaban J connectivity index is 2.43. The molecule has 0 radical (unpaired) electrons. The van der Waals surface area contributed by atoms with Gasteiger partial charge in [0.25, 0.3) is 0 Å². The molecule has 4 heteroatoms. The lowest BCUT2D eigenvalue weighted by Crippen LogP contribution is -2.28. The Morgan fingerprint density at radius 1 is 1.32 bits per heavy atom. The Labute approximate surface area is 130 Å². The minimum atomic E-state index is 0.205. The third-order valence-corrected chi connectivity index (χ3v) is 4.58. The first-order valence-electron chi connectivity index (χ1n) is 6.79. The summed E-state index contributed by atoms with van der Waals surface area (Å²) in [5.41, 5.74) is 1.22. The summed E-state index contributed by atoms with van der Waals surface area (Å²) in [6.45, 7) is 6.07. The van der Waals surface area contributed by atoms with Crippen molar-refractivity contribution in [3.63, 3.8) is 0 Å². The molecule has 1 rings (SSSR count). The van der Waals surface area contributed by atoms with Gasteiger partial charge in [-0.3, -0.25) is 0 Å². The number of alkyl halides is 1. The fourth-order valence-corrected chi connectivity index (χ4v) is 3.19. The maximum atomic E-state index is 6.40. The van der Waals surface area contributed by atoms with Crippen molar-refractivity contribution < 1.29 is 4.74 Å². The van der Waals surface area contributed by atoms with Crippen molar-refractivity contribution in [2.45, 2.75) is 38.6 Å². The lowest BCUT2D eigenvalue weighted by molar-refractivity contribution is 0.412. The molecular formula is C15H23BrClNO. The van der Waals surface area contributed by atoms with Crippen LogP contribution in [0.5, 0.6) is 5.75 Å². The second-order valence-electron chi connectivity index (χ2n) is 4.69. The lowest BCUT2D eigenvalue weighted by atomic mass is 9.99. The van der Waals surface area contributed by atoms with Crippen LogP contribution in [0, 0.1) is 5.92 Å². The van der Waals surface area contributed by atoms with Crippen molar-refractivity contribution in [2.75, 3.05) is 13.7 Å². The van der Waals surface area contributed by atoms with Crippen LogP contribution in [0.4, 0.5) is 0 Å². The Morgan fingerprint density at radius 2 is 2.00 bits per heavy atom. The van der Waals surface area contributed by atoms with Crippen molar-refractivity contribution in [3.8, 4) is 5.75 Å². The molecule has 0 bridgehead atoms. The summed E-state index contributed by atoms with van der Waals surface area (Å²) in [4.78, 5) is 0. The molecule has 19 heavy (non-hydrogen) atoms. The predicted octanol–water partition coefficient (Wildman–Crippen LogP) is 4.59. The van der Waals surface area contributed by atoms with E-state index in [0.29, 0.717) is 5.92 Å². The molecule has 0 fully saturated rings. The van der Waals surface area contributed by atoms with E-state index in [1.165, 1.54) is 5.56 Å². The maximum Gasteiger partial charge on any atom is 0.133 e. The molecular weight excluding hydrogens is 326 g/mol. The van der Waals surface area contributed by atoms with Crippen LogP contribution >= 0.6 is 27.5 Å². The van der Waals surface area contributed by atoms with Crippen LogP contribution in [0.2, 0.25) is 0 Å². The number of hydrogen-bond acceptors (Lipinski definition) is 2. The highest BCUT2D eigenvalue weighted by Gasteiger charge is 2.14. The standard InChI is InChI=1S/C15H23BrClNO/c1-4-12(5-2)14(17)10-18-9-11-6-7-15(19-3)13(16)8-11/h6-8,12,14,18H,4-5,9-10H2,1-3H3. The first-order valence-corrected chi connectivity index (χ1v) is 8.02. The normalized spacial score (nSPS) is 12.7. The number of halogens is 2. The SMILES string of the molecule is CCC(CC)C(Cl)CNCc1ccc(OC)c(Br)c1. The van der Waals surface area contributed by atoms with Gasteiger partial charge in [-0.15, -0.1) is 11.6 Å². The fraction of sp³-hybridized carbons (Fsp3) is 0.600. The van der Waals surface area contributed by atoms with Crippen LogP contribution in [0.25, 0.3) is 0 Å². The van der Waals surface area contributed by atoms with Crippen LogP contribution in [-0.4, -0.2) is 19.0 Å². The number of nitrogens with one attached hydrogen (secondary N) is 1. The third kappa shape index (κ3) is 5.33. The van der Waals surface area contributed by atoms with Crippen molar-refractivity contribution in [1.29, 1.82) is 0 Å². The third-order valence-electron chi connectivity index (χ3n) is 3.44. The van der Waals surface area contributed by atoms with Crippen molar-refractivity contribution in [1.82, 2.24) is 5.32 Å². The van der Waals surface area contributed by atoms with Gasteiger partial charge in [0.05, 0.1) is 11.6 Å². The molecule has 0 aromatic heterocycles. The summed E-state index contributed by atoms with van der Waals surface area (Å²) in [6.07, 6.45) is 2.28. The van der Waals surface area contributed by atoms with Gasteiger partial charge in [0.15, 0.2) is 0 Å². The quantitative estimate of drug-likeness (QED) is 0.694. The fourth-order valence-electron chi connectivity index (χ4n) is 2.14. The van der Waals surface area contributed by atoms with Gasteiger partial charge in [-0.25, -0.2) is 0 Å². The molecule has 0 amide bonds. The van der Waals surface area contributed by atoms with Crippen molar-refractivity contribution in [2.24, 2.45) is 5.92 Å². The van der Waals surface area contributed by atoms with E-state index >= 15 is 0 Å². The monoisotopic (exact) mass is 347 g/mol. The molecule has 0 saturated heterocycles. The maximum absolute atomic E-state index is 6.40. The second-order valence-corrected chi connectivity index (χ2v) is 6.11. The van der Waals surface area contributed by atoms with E-state index in [9.17, 15) is 0 Å². The van der Waals surface area contributed by atoms with Crippen LogP contribution < -0.4 is 10.1 Å². The van der Waals surface area contributed by atoms with Gasteiger partial charge in [-0.1, -0.05) is 32.8 Å². The zero-order chi connectivity index (χ0) is 14.3. The Morgan fingerprint density at radius 3 is 2.53 bits per heavy atom. The number of benzene rings is 1. The summed E-state index contributed by atoms with van der Waals surface area (Å²) in [7, 11) is 1.67. The van der Waals surface area contributed by atoms with Crippen LogP contribution in [0.3, 0.4) is 0 Å². The Hall–Kier alpha value is -0.250. The smallest absolute Gasteiger partial charge is 0.133 e. The van der Waals surface area contributed by atoms with Gasteiger partial charge < -0.3 is 10.1 Å². The van der Waals surface area contributed by atoms with Gasteiger partial charge in [0, 0.05) is 18.5 Å². The minimum Gasteiger partial charge on any atom is -0.496 e. The molecule has 1 unspecified atom stereocenters. The van der Waals surface area contributed by atoms with Crippen LogP contribution in [0.15, 0.2) is 22.7 Å². The first kappa shape index (κ1) is 16.8. The number of rotatable bonds is 8. The average Bonchev–Trinajstić information content (AvgIpc) is 2.40. The largest absolute Gasteiger partial charge is 0.496 e. The van der Waals surface area contributed by atoms with Gasteiger partial charge in [0.1, 0.15) is 5.75 Å². The number of hydrogen-bond donors (Lipinski definition) is 1. The van der Waals surface area contributed by atoms with Gasteiger partial charge in [-0.05, 0) is 39.5 Å². The van der Waals surface area contributed by atoms with E-state index in [1.807, 2.05) is 6.07 Å². The van der Waals surface area contributed by atoms with Crippen molar-refractivity contribution >= 4 is 27.5 Å². The molecule has 0 aliphatic heterocycles. The summed E-state index contributed by atoms with van der Waals surface area (Å²) in [6, 6.07) is 6.11. The molecule has 108 valence electrons. The van der Waals surface area contributed by atoms with Gasteiger partial charge >= 0.3 is 0 Å². The van der Waals surface area contributed by atoms with Gasteiger partial charge in [-0.2, -0.15) is 0 Å². The molecule has 1 N–H and O–H groups in total. The zero-order valence-corrected chi connectivity index (χ0v) is 14.2. The lowest BCUT2D eigenvalue weighted by Gasteiger charge is -2.19. The molecule has 1 aromatic carbocycles. The summed E-state index contributed by atoms with van der Waals surface area (Å²) in [5.74, 6) is 1.45. The Bertz CT molecular complexity index is 382. The molecule has 0 spiro atoms. The van der Waals surface area contributed by atoms with E-state index < -0.39 is 0 Å².